The van der Waals surface area contributed by atoms with Gasteiger partial charge in [0.2, 0.25) is 0 Å². The summed E-state index contributed by atoms with van der Waals surface area (Å²) in [6.07, 6.45) is 0.267. The van der Waals surface area contributed by atoms with Gasteiger partial charge in [-0.1, -0.05) is 0 Å². The predicted octanol–water partition coefficient (Wildman–Crippen LogP) is -0.856. The Bertz CT molecular complexity index is 235. The van der Waals surface area contributed by atoms with Gasteiger partial charge in [-0.05, 0) is 13.3 Å². The fourth-order valence-electron chi connectivity index (χ4n) is 1.29. The lowest BCUT2D eigenvalue weighted by atomic mass is 10.2. The van der Waals surface area contributed by atoms with E-state index in [0.29, 0.717) is 13.0 Å². The number of hydrogen-bond acceptors (Lipinski definition) is 4. The Labute approximate surface area is 72.9 Å². The maximum Gasteiger partial charge on any atom is 0.151 e. The molecule has 0 spiro atoms. The Morgan fingerprint density at radius 1 is 1.67 bits per heavy atom. The zero-order valence-electron chi connectivity index (χ0n) is 7.16. The van der Waals surface area contributed by atoms with Crippen LogP contribution in [-0.2, 0) is 9.84 Å². The molecule has 1 rings (SSSR count). The zero-order valence-corrected chi connectivity index (χ0v) is 7.97. The average molecular weight is 193 g/mol. The van der Waals surface area contributed by atoms with E-state index in [9.17, 15) is 8.42 Å². The second-order valence-corrected chi connectivity index (χ2v) is 5.59. The quantitative estimate of drug-likeness (QED) is 0.612. The maximum atomic E-state index is 11.0. The largest absolute Gasteiger partial charge is 0.392 e. The number of nitrogens with one attached hydrogen (secondary N) is 1. The summed E-state index contributed by atoms with van der Waals surface area (Å²) in [5, 5.41) is 11.9. The van der Waals surface area contributed by atoms with Crippen molar-refractivity contribution in [2.24, 2.45) is 0 Å². The average Bonchev–Trinajstić information content (AvgIpc) is 2.26. The van der Waals surface area contributed by atoms with Gasteiger partial charge in [0, 0.05) is 12.6 Å². The molecule has 72 valence electrons. The molecular formula is C7H15NO3S. The van der Waals surface area contributed by atoms with E-state index in [0.717, 1.165) is 0 Å². The fourth-order valence-corrected chi connectivity index (χ4v) is 3.00. The van der Waals surface area contributed by atoms with Crippen molar-refractivity contribution < 1.29 is 13.5 Å². The van der Waals surface area contributed by atoms with E-state index in [1.54, 1.807) is 6.92 Å². The van der Waals surface area contributed by atoms with E-state index in [1.165, 1.54) is 0 Å². The Balaban J connectivity index is 2.29. The molecule has 2 unspecified atom stereocenters. The first kappa shape index (κ1) is 9.95. The third kappa shape index (κ3) is 3.08. The van der Waals surface area contributed by atoms with Gasteiger partial charge < -0.3 is 10.4 Å². The summed E-state index contributed by atoms with van der Waals surface area (Å²) in [7, 11) is -2.79. The van der Waals surface area contributed by atoms with Crippen LogP contribution in [0.4, 0.5) is 0 Å². The molecule has 4 nitrogen and oxygen atoms in total. The van der Waals surface area contributed by atoms with Gasteiger partial charge >= 0.3 is 0 Å². The number of rotatable bonds is 3. The van der Waals surface area contributed by atoms with Crippen LogP contribution in [0.3, 0.4) is 0 Å². The van der Waals surface area contributed by atoms with E-state index in [-0.39, 0.29) is 17.5 Å². The van der Waals surface area contributed by atoms with Crippen LogP contribution in [0.15, 0.2) is 0 Å². The van der Waals surface area contributed by atoms with Crippen molar-refractivity contribution in [3.8, 4) is 0 Å². The molecule has 1 heterocycles. The number of aliphatic hydroxyl groups is 1. The second kappa shape index (κ2) is 3.72. The van der Waals surface area contributed by atoms with Gasteiger partial charge in [-0.3, -0.25) is 0 Å². The predicted molar refractivity (Wildman–Crippen MR) is 46.7 cm³/mol. The highest BCUT2D eigenvalue weighted by Crippen LogP contribution is 2.10. The molecule has 0 radical (unpaired) electrons. The monoisotopic (exact) mass is 193 g/mol. The molecule has 2 atom stereocenters. The van der Waals surface area contributed by atoms with Crippen LogP contribution in [0.5, 0.6) is 0 Å². The van der Waals surface area contributed by atoms with Crippen molar-refractivity contribution >= 4 is 9.84 Å². The summed E-state index contributed by atoms with van der Waals surface area (Å²) in [4.78, 5) is 0. The molecule has 2 N–H and O–H groups in total. The molecule has 0 bridgehead atoms. The molecule has 1 saturated heterocycles. The minimum atomic E-state index is -2.79. The molecule has 1 aliphatic heterocycles. The van der Waals surface area contributed by atoms with E-state index in [2.05, 4.69) is 5.32 Å². The minimum absolute atomic E-state index is 0.0459. The van der Waals surface area contributed by atoms with Crippen LogP contribution < -0.4 is 5.32 Å². The van der Waals surface area contributed by atoms with Crippen molar-refractivity contribution in [3.63, 3.8) is 0 Å². The molecule has 1 fully saturated rings. The van der Waals surface area contributed by atoms with Crippen molar-refractivity contribution in [3.05, 3.63) is 0 Å². The highest BCUT2D eigenvalue weighted by atomic mass is 32.2. The van der Waals surface area contributed by atoms with E-state index >= 15 is 0 Å². The maximum absolute atomic E-state index is 11.0. The van der Waals surface area contributed by atoms with Crippen LogP contribution in [0, 0.1) is 0 Å². The topological polar surface area (TPSA) is 66.4 Å². The molecule has 0 aromatic carbocycles. The summed E-state index contributed by atoms with van der Waals surface area (Å²) in [6, 6.07) is 0.0459. The van der Waals surface area contributed by atoms with Gasteiger partial charge in [0.25, 0.3) is 0 Å². The van der Waals surface area contributed by atoms with Crippen LogP contribution in [0.25, 0.3) is 0 Å². The normalized spacial score (nSPS) is 30.3. The molecule has 0 aromatic heterocycles. The Kier molecular flexibility index (Phi) is 3.09. The van der Waals surface area contributed by atoms with Crippen molar-refractivity contribution in [1.29, 1.82) is 0 Å². The summed E-state index contributed by atoms with van der Waals surface area (Å²) >= 11 is 0. The van der Waals surface area contributed by atoms with Crippen molar-refractivity contribution in [2.75, 3.05) is 18.1 Å². The van der Waals surface area contributed by atoms with Crippen LogP contribution in [0.1, 0.15) is 13.3 Å². The molecule has 0 aromatic rings. The molecule has 1 aliphatic rings. The molecule has 0 saturated carbocycles. The van der Waals surface area contributed by atoms with Gasteiger partial charge in [-0.2, -0.15) is 0 Å². The van der Waals surface area contributed by atoms with Gasteiger partial charge in [-0.25, -0.2) is 8.42 Å². The minimum Gasteiger partial charge on any atom is -0.392 e. The smallest absolute Gasteiger partial charge is 0.151 e. The number of hydrogen-bond donors (Lipinski definition) is 2. The van der Waals surface area contributed by atoms with Gasteiger partial charge in [-0.15, -0.1) is 0 Å². The Hall–Kier alpha value is -0.130. The van der Waals surface area contributed by atoms with E-state index in [4.69, 9.17) is 5.11 Å². The first-order valence-corrected chi connectivity index (χ1v) is 5.93. The molecule has 0 aliphatic carbocycles. The van der Waals surface area contributed by atoms with E-state index < -0.39 is 15.9 Å². The highest BCUT2D eigenvalue weighted by molar-refractivity contribution is 7.91. The van der Waals surface area contributed by atoms with Crippen LogP contribution in [-0.4, -0.2) is 43.7 Å². The summed E-state index contributed by atoms with van der Waals surface area (Å²) in [6.45, 7) is 2.15. The lowest BCUT2D eigenvalue weighted by molar-refractivity contribution is 0.187. The summed E-state index contributed by atoms with van der Waals surface area (Å²) < 4.78 is 22.0. The second-order valence-electron chi connectivity index (χ2n) is 3.36. The van der Waals surface area contributed by atoms with Gasteiger partial charge in [0.15, 0.2) is 9.84 Å². The SMILES string of the molecule is CC(O)CNC1CCS(=O)(=O)C1. The molecule has 5 heteroatoms. The summed E-state index contributed by atoms with van der Waals surface area (Å²) in [5.74, 6) is 0.504. The standard InChI is InChI=1S/C7H15NO3S/c1-6(9)4-8-7-2-3-12(10,11)5-7/h6-9H,2-5H2,1H3. The third-order valence-corrected chi connectivity index (χ3v) is 3.70. The summed E-state index contributed by atoms with van der Waals surface area (Å²) in [5.41, 5.74) is 0. The van der Waals surface area contributed by atoms with Crippen molar-refractivity contribution in [1.82, 2.24) is 5.32 Å². The molecule has 0 amide bonds. The number of sulfone groups is 1. The lowest BCUT2D eigenvalue weighted by Gasteiger charge is -2.11. The van der Waals surface area contributed by atoms with E-state index in [1.807, 2.05) is 0 Å². The fraction of sp³-hybridized carbons (Fsp3) is 1.00. The zero-order chi connectivity index (χ0) is 9.19. The first-order valence-electron chi connectivity index (χ1n) is 4.11. The molecule has 12 heavy (non-hydrogen) atoms. The van der Waals surface area contributed by atoms with Gasteiger partial charge in [0.05, 0.1) is 17.6 Å². The third-order valence-electron chi connectivity index (χ3n) is 1.93. The van der Waals surface area contributed by atoms with Crippen molar-refractivity contribution in [2.45, 2.75) is 25.5 Å². The Morgan fingerprint density at radius 3 is 2.75 bits per heavy atom. The lowest BCUT2D eigenvalue weighted by Crippen LogP contribution is -2.35. The Morgan fingerprint density at radius 2 is 2.33 bits per heavy atom. The van der Waals surface area contributed by atoms with Gasteiger partial charge in [0.1, 0.15) is 0 Å². The van der Waals surface area contributed by atoms with Crippen LogP contribution >= 0.6 is 0 Å². The highest BCUT2D eigenvalue weighted by Gasteiger charge is 2.27. The first-order chi connectivity index (χ1) is 5.49. The molecular weight excluding hydrogens is 178 g/mol. The van der Waals surface area contributed by atoms with Crippen LogP contribution in [0.2, 0.25) is 0 Å². The number of aliphatic hydroxyl groups excluding tert-OH is 1.